The topological polar surface area (TPSA) is 165 Å². The largest absolute Gasteiger partial charge is 0.439 e. The van der Waals surface area contributed by atoms with Crippen molar-refractivity contribution >= 4 is 59.0 Å². The Balaban J connectivity index is 0.000000152. The lowest BCUT2D eigenvalue weighted by molar-refractivity contribution is 0.498. The van der Waals surface area contributed by atoms with Gasteiger partial charge in [0.05, 0.1) is 27.5 Å². The van der Waals surface area contributed by atoms with Crippen molar-refractivity contribution in [2.24, 2.45) is 9.81 Å². The second-order valence-electron chi connectivity index (χ2n) is 18.5. The van der Waals surface area contributed by atoms with Gasteiger partial charge in [-0.05, 0) is 30.3 Å². The van der Waals surface area contributed by atoms with Crippen molar-refractivity contribution in [3.05, 3.63) is 150 Å². The molecule has 0 aliphatic carbocycles. The number of aromatic nitrogens is 4. The van der Waals surface area contributed by atoms with Crippen LogP contribution < -0.4 is 16.3 Å². The molecular weight excluding hydrogens is 795 g/mol. The third-order valence-corrected chi connectivity index (χ3v) is 11.4. The minimum absolute atomic E-state index is 0.0816. The molecule has 0 atom stereocenters. The highest BCUT2D eigenvalue weighted by Gasteiger charge is 2.34. The predicted octanol–water partition coefficient (Wildman–Crippen LogP) is 9.88. The molecule has 4 heterocycles. The van der Waals surface area contributed by atoms with Gasteiger partial charge in [0.2, 0.25) is 0 Å². The molecule has 0 amide bonds. The lowest BCUT2D eigenvalue weighted by Crippen LogP contribution is -2.21. The summed E-state index contributed by atoms with van der Waals surface area (Å²) in [4.78, 5) is 49.2. The van der Waals surface area contributed by atoms with E-state index in [4.69, 9.17) is 4.42 Å². The molecule has 1 aliphatic heterocycles. The highest BCUT2D eigenvalue weighted by atomic mass is 32.2. The second-order valence-corrected chi connectivity index (χ2v) is 21.1. The van der Waals surface area contributed by atoms with Gasteiger partial charge in [0, 0.05) is 53.8 Å². The minimum atomic E-state index is -3.45. The summed E-state index contributed by atoms with van der Waals surface area (Å²) in [6.45, 7) is 24.4. The van der Waals surface area contributed by atoms with Gasteiger partial charge in [-0.1, -0.05) is 161 Å². The van der Waals surface area contributed by atoms with E-state index in [0.29, 0.717) is 16.2 Å². The standard InChI is InChI=1S/C12H14N2O.C12H13NO2.C12H13NOS.C11H13NO2S/c1-12(2,3)10-8-6-4-5-7-9(8)13-11(15)14-10;2*1-12(2,3)10-8-6-4-5-7-9(8)15-11(14)13-10;1-11(2,3)10-8-6-4-5-7-9(8)15(13,14)12-10/h4-7H,1-3H3,(H,13,14,15);3*4-7H,1-3H3. The van der Waals surface area contributed by atoms with Crippen molar-refractivity contribution in [3.63, 3.8) is 0 Å². The summed E-state index contributed by atoms with van der Waals surface area (Å²) in [5.74, 6) is -0.529. The van der Waals surface area contributed by atoms with Crippen LogP contribution in [-0.2, 0) is 26.3 Å². The maximum Gasteiger partial charge on any atom is 0.439 e. The summed E-state index contributed by atoms with van der Waals surface area (Å²) in [7, 11) is -3.45. The summed E-state index contributed by atoms with van der Waals surface area (Å²) in [5.41, 5.74) is 4.51. The Hall–Kier alpha value is -5.66. The van der Waals surface area contributed by atoms with Crippen LogP contribution in [0.15, 0.2) is 125 Å². The van der Waals surface area contributed by atoms with E-state index in [2.05, 4.69) is 65.9 Å². The fraction of sp³-hybridized carbons (Fsp3) is 0.340. The average Bonchev–Trinajstić information content (AvgIpc) is 3.44. The average molecular weight is 848 g/mol. The highest BCUT2D eigenvalue weighted by molar-refractivity contribution is 7.90. The maximum absolute atomic E-state index is 11.7. The van der Waals surface area contributed by atoms with Gasteiger partial charge in [0.25, 0.3) is 10.0 Å². The maximum atomic E-state index is 11.7. The van der Waals surface area contributed by atoms with Crippen molar-refractivity contribution in [3.8, 4) is 0 Å². The lowest BCUT2D eigenvalue weighted by atomic mass is 9.86. The van der Waals surface area contributed by atoms with Gasteiger partial charge < -0.3 is 9.40 Å². The molecule has 314 valence electrons. The van der Waals surface area contributed by atoms with Crippen LogP contribution in [0.1, 0.15) is 106 Å². The van der Waals surface area contributed by atoms with E-state index in [9.17, 15) is 22.8 Å². The molecular formula is C47H53N5O6S2. The van der Waals surface area contributed by atoms with E-state index >= 15 is 0 Å². The SMILES string of the molecule is CC(C)(C)C1=NS(=O)(=O)c2ccccc21.CC(C)(C)c1[nH]c(=O)nc2ccccc12.CC(C)(C)c1nc(=O)oc2ccccc12.CC(C)(C)c1nc(=O)sc2ccccc12. The first-order valence-electron chi connectivity index (χ1n) is 19.5. The molecule has 60 heavy (non-hydrogen) atoms. The van der Waals surface area contributed by atoms with Gasteiger partial charge in [-0.15, -0.1) is 0 Å². The zero-order valence-corrected chi connectivity index (χ0v) is 37.9. The molecule has 3 aromatic heterocycles. The number of nitrogens with one attached hydrogen (secondary N) is 1. The van der Waals surface area contributed by atoms with E-state index in [0.717, 1.165) is 49.0 Å². The van der Waals surface area contributed by atoms with Crippen LogP contribution >= 0.6 is 11.3 Å². The first kappa shape index (κ1) is 45.4. The van der Waals surface area contributed by atoms with E-state index in [1.165, 1.54) is 11.3 Å². The summed E-state index contributed by atoms with van der Waals surface area (Å²) >= 11 is 1.21. The van der Waals surface area contributed by atoms with Crippen LogP contribution in [0, 0.1) is 5.41 Å². The fourth-order valence-corrected chi connectivity index (χ4v) is 8.67. The minimum Gasteiger partial charge on any atom is -0.408 e. The molecule has 0 bridgehead atoms. The molecule has 0 fully saturated rings. The third-order valence-electron chi connectivity index (χ3n) is 9.23. The normalized spacial score (nSPS) is 13.6. The molecule has 11 nitrogen and oxygen atoms in total. The smallest absolute Gasteiger partial charge is 0.408 e. The van der Waals surface area contributed by atoms with Crippen LogP contribution in [0.4, 0.5) is 0 Å². The van der Waals surface area contributed by atoms with Gasteiger partial charge in [-0.25, -0.2) is 14.6 Å². The van der Waals surface area contributed by atoms with Gasteiger partial charge in [-0.3, -0.25) is 4.79 Å². The van der Waals surface area contributed by atoms with Crippen molar-refractivity contribution in [2.75, 3.05) is 0 Å². The van der Waals surface area contributed by atoms with Crippen LogP contribution in [0.2, 0.25) is 0 Å². The number of para-hydroxylation sites is 2. The molecule has 1 aliphatic rings. The second kappa shape index (κ2) is 17.1. The van der Waals surface area contributed by atoms with Gasteiger partial charge in [0.1, 0.15) is 5.58 Å². The summed E-state index contributed by atoms with van der Waals surface area (Å²) in [6, 6.07) is 30.1. The number of nitrogens with zero attached hydrogens (tertiary/aromatic N) is 4. The van der Waals surface area contributed by atoms with E-state index < -0.39 is 15.8 Å². The van der Waals surface area contributed by atoms with Gasteiger partial charge >= 0.3 is 16.3 Å². The van der Waals surface area contributed by atoms with Crippen LogP contribution in [0.3, 0.4) is 0 Å². The third kappa shape index (κ3) is 10.7. The molecule has 7 aromatic rings. The van der Waals surface area contributed by atoms with Crippen LogP contribution in [0.25, 0.3) is 32.0 Å². The first-order chi connectivity index (χ1) is 27.8. The number of aromatic amines is 1. The molecule has 0 spiro atoms. The number of benzene rings is 4. The number of H-pyrrole nitrogens is 1. The monoisotopic (exact) mass is 847 g/mol. The molecule has 4 aromatic carbocycles. The summed E-state index contributed by atoms with van der Waals surface area (Å²) < 4.78 is 33.3. The molecule has 0 saturated carbocycles. The predicted molar refractivity (Wildman–Crippen MR) is 244 cm³/mol. The Morgan fingerprint density at radius 2 is 1.10 bits per heavy atom. The fourth-order valence-electron chi connectivity index (χ4n) is 6.52. The van der Waals surface area contributed by atoms with Gasteiger partial charge in [-0.2, -0.15) is 22.8 Å². The van der Waals surface area contributed by atoms with Crippen LogP contribution in [0.5, 0.6) is 0 Å². The first-order valence-corrected chi connectivity index (χ1v) is 21.8. The molecule has 0 saturated heterocycles. The molecule has 8 rings (SSSR count). The van der Waals surface area contributed by atoms with Gasteiger partial charge in [0.15, 0.2) is 0 Å². The zero-order valence-electron chi connectivity index (χ0n) is 36.3. The van der Waals surface area contributed by atoms with Crippen molar-refractivity contribution < 1.29 is 12.8 Å². The number of hydrogen-bond acceptors (Lipinski definition) is 10. The number of hydrogen-bond donors (Lipinski definition) is 1. The lowest BCUT2D eigenvalue weighted by Gasteiger charge is -2.19. The Kier molecular flexibility index (Phi) is 13.0. The molecule has 1 N–H and O–H groups in total. The number of rotatable bonds is 0. The molecule has 0 unspecified atom stereocenters. The van der Waals surface area contributed by atoms with E-state index in [1.807, 2.05) is 120 Å². The summed E-state index contributed by atoms with van der Waals surface area (Å²) in [5, 5.41) is 3.02. The summed E-state index contributed by atoms with van der Waals surface area (Å²) in [6.07, 6.45) is 0. The van der Waals surface area contributed by atoms with Crippen molar-refractivity contribution in [2.45, 2.75) is 104 Å². The van der Waals surface area contributed by atoms with Crippen molar-refractivity contribution in [1.29, 1.82) is 0 Å². The highest BCUT2D eigenvalue weighted by Crippen LogP contribution is 2.34. The zero-order chi connectivity index (χ0) is 44.4. The number of sulfonamides is 1. The Labute approximate surface area is 354 Å². The Morgan fingerprint density at radius 1 is 0.567 bits per heavy atom. The number of fused-ring (bicyclic) bond motifs is 4. The molecule has 0 radical (unpaired) electrons. The van der Waals surface area contributed by atoms with Crippen LogP contribution in [-0.4, -0.2) is 34.1 Å². The Bertz CT molecular complexity index is 2770. The van der Waals surface area contributed by atoms with E-state index in [1.54, 1.807) is 18.2 Å². The Morgan fingerprint density at radius 3 is 1.72 bits per heavy atom. The molecule has 13 heteroatoms. The van der Waals surface area contributed by atoms with E-state index in [-0.39, 0.29) is 32.2 Å². The quantitative estimate of drug-likeness (QED) is 0.156. The van der Waals surface area contributed by atoms with Crippen molar-refractivity contribution in [1.82, 2.24) is 19.9 Å².